The Bertz CT molecular complexity index is 478. The van der Waals surface area contributed by atoms with Crippen LogP contribution in [0.4, 0.5) is 5.69 Å². The number of amides is 1. The van der Waals surface area contributed by atoms with Gasteiger partial charge in [-0.1, -0.05) is 18.5 Å². The lowest BCUT2D eigenvalue weighted by atomic mass is 9.94. The van der Waals surface area contributed by atoms with Crippen molar-refractivity contribution in [1.29, 1.82) is 0 Å². The van der Waals surface area contributed by atoms with Gasteiger partial charge in [-0.2, -0.15) is 0 Å². The first-order valence-corrected chi connectivity index (χ1v) is 6.89. The number of hydrogen-bond acceptors (Lipinski definition) is 3. The maximum absolute atomic E-state index is 12.2. The molecule has 3 N–H and O–H groups in total. The highest BCUT2D eigenvalue weighted by atomic mass is 35.5. The zero-order chi connectivity index (χ0) is 14.0. The fourth-order valence-corrected chi connectivity index (χ4v) is 2.71. The molecular weight excluding hydrogens is 262 g/mol. The molecular formula is C14H20ClN3O. The first-order chi connectivity index (χ1) is 8.97. The molecule has 1 heterocycles. The van der Waals surface area contributed by atoms with Crippen LogP contribution in [-0.2, 0) is 0 Å². The minimum Gasteiger partial charge on any atom is -0.398 e. The van der Waals surface area contributed by atoms with Crippen LogP contribution in [0.2, 0.25) is 5.02 Å². The van der Waals surface area contributed by atoms with Crippen LogP contribution in [0.25, 0.3) is 0 Å². The molecule has 19 heavy (non-hydrogen) atoms. The second kappa shape index (κ2) is 5.80. The average Bonchev–Trinajstić information content (AvgIpc) is 2.35. The zero-order valence-corrected chi connectivity index (χ0v) is 12.1. The van der Waals surface area contributed by atoms with Gasteiger partial charge in [-0.05, 0) is 44.1 Å². The number of nitrogens with zero attached hydrogens (tertiary/aromatic N) is 1. The van der Waals surface area contributed by atoms with Crippen LogP contribution in [0, 0.1) is 5.92 Å². The lowest BCUT2D eigenvalue weighted by Crippen LogP contribution is -2.48. The first-order valence-electron chi connectivity index (χ1n) is 6.52. The van der Waals surface area contributed by atoms with Crippen molar-refractivity contribution in [3.8, 4) is 0 Å². The Hall–Kier alpha value is -1.26. The predicted octanol–water partition coefficient (Wildman–Crippen LogP) is 1.99. The molecule has 1 fully saturated rings. The number of anilines is 1. The second-order valence-corrected chi connectivity index (χ2v) is 5.78. The Morgan fingerprint density at radius 2 is 2.26 bits per heavy atom. The number of nitrogen functional groups attached to an aromatic ring is 1. The predicted molar refractivity (Wildman–Crippen MR) is 78.4 cm³/mol. The molecule has 4 nitrogen and oxygen atoms in total. The monoisotopic (exact) mass is 281 g/mol. The van der Waals surface area contributed by atoms with E-state index in [-0.39, 0.29) is 11.9 Å². The average molecular weight is 282 g/mol. The Balaban J connectivity index is 2.06. The van der Waals surface area contributed by atoms with Crippen molar-refractivity contribution in [3.63, 3.8) is 0 Å². The Morgan fingerprint density at radius 1 is 1.53 bits per heavy atom. The third-order valence-electron chi connectivity index (χ3n) is 3.68. The number of likely N-dealkylation sites (tertiary alicyclic amines) is 1. The number of hydrogen-bond donors (Lipinski definition) is 2. The Morgan fingerprint density at radius 3 is 2.95 bits per heavy atom. The van der Waals surface area contributed by atoms with Crippen molar-refractivity contribution < 1.29 is 4.79 Å². The van der Waals surface area contributed by atoms with E-state index >= 15 is 0 Å². The van der Waals surface area contributed by atoms with Crippen molar-refractivity contribution in [2.75, 3.05) is 25.9 Å². The molecule has 5 heteroatoms. The van der Waals surface area contributed by atoms with Gasteiger partial charge in [0.15, 0.2) is 0 Å². The normalized spacial score (nSPS) is 24.2. The van der Waals surface area contributed by atoms with Crippen LogP contribution in [0.15, 0.2) is 18.2 Å². The van der Waals surface area contributed by atoms with E-state index in [1.54, 1.807) is 18.2 Å². The van der Waals surface area contributed by atoms with Crippen molar-refractivity contribution in [3.05, 3.63) is 28.8 Å². The molecule has 104 valence electrons. The van der Waals surface area contributed by atoms with Crippen LogP contribution < -0.4 is 11.1 Å². The molecule has 0 aromatic heterocycles. The second-order valence-electron chi connectivity index (χ2n) is 5.34. The van der Waals surface area contributed by atoms with E-state index in [4.69, 9.17) is 17.3 Å². The first kappa shape index (κ1) is 14.2. The van der Waals surface area contributed by atoms with E-state index in [2.05, 4.69) is 24.2 Å². The lowest BCUT2D eigenvalue weighted by Gasteiger charge is -2.35. The van der Waals surface area contributed by atoms with Crippen LogP contribution in [0.1, 0.15) is 23.7 Å². The quantitative estimate of drug-likeness (QED) is 0.815. The minimum absolute atomic E-state index is 0.138. The molecule has 1 aromatic carbocycles. The van der Waals surface area contributed by atoms with Gasteiger partial charge < -0.3 is 16.0 Å². The third kappa shape index (κ3) is 3.39. The molecule has 2 unspecified atom stereocenters. The highest BCUT2D eigenvalue weighted by Crippen LogP contribution is 2.20. The highest BCUT2D eigenvalue weighted by molar-refractivity contribution is 6.31. The number of piperidine rings is 1. The Kier molecular flexibility index (Phi) is 4.32. The molecule has 1 aliphatic heterocycles. The SMILES string of the molecule is CC1CN(C)CCC1NC(=O)c1cc(Cl)ccc1N. The summed E-state index contributed by atoms with van der Waals surface area (Å²) in [5, 5.41) is 3.59. The van der Waals surface area contributed by atoms with E-state index in [9.17, 15) is 4.79 Å². The van der Waals surface area contributed by atoms with Crippen LogP contribution in [0.5, 0.6) is 0 Å². The fraction of sp³-hybridized carbons (Fsp3) is 0.500. The molecule has 0 spiro atoms. The number of nitrogens with two attached hydrogens (primary N) is 1. The van der Waals surface area contributed by atoms with Crippen LogP contribution >= 0.6 is 11.6 Å². The van der Waals surface area contributed by atoms with E-state index in [1.165, 1.54) is 0 Å². The van der Waals surface area contributed by atoms with Crippen LogP contribution in [-0.4, -0.2) is 37.0 Å². The van der Waals surface area contributed by atoms with E-state index in [0.29, 0.717) is 22.2 Å². The largest absolute Gasteiger partial charge is 0.398 e. The molecule has 0 aliphatic carbocycles. The maximum atomic E-state index is 12.2. The summed E-state index contributed by atoms with van der Waals surface area (Å²) in [6.07, 6.45) is 0.962. The molecule has 1 amide bonds. The summed E-state index contributed by atoms with van der Waals surface area (Å²) in [5.74, 6) is 0.296. The molecule has 2 rings (SSSR count). The number of halogens is 1. The van der Waals surface area contributed by atoms with Gasteiger partial charge in [0.25, 0.3) is 5.91 Å². The van der Waals surface area contributed by atoms with Crippen molar-refractivity contribution in [2.45, 2.75) is 19.4 Å². The smallest absolute Gasteiger partial charge is 0.253 e. The Labute approximate surface area is 118 Å². The molecule has 0 radical (unpaired) electrons. The van der Waals surface area contributed by atoms with Crippen LogP contribution in [0.3, 0.4) is 0 Å². The van der Waals surface area contributed by atoms with Gasteiger partial charge >= 0.3 is 0 Å². The summed E-state index contributed by atoms with van der Waals surface area (Å²) in [5.41, 5.74) is 6.74. The van der Waals surface area contributed by atoms with E-state index < -0.39 is 0 Å². The summed E-state index contributed by atoms with van der Waals surface area (Å²) in [7, 11) is 2.10. The number of carbonyl (C=O) groups is 1. The topological polar surface area (TPSA) is 58.4 Å². The number of carbonyl (C=O) groups excluding carboxylic acids is 1. The molecule has 0 saturated carbocycles. The van der Waals surface area contributed by atoms with Gasteiger partial charge in [0.05, 0.1) is 5.56 Å². The number of nitrogens with one attached hydrogen (secondary N) is 1. The summed E-state index contributed by atoms with van der Waals surface area (Å²) in [6, 6.07) is 5.16. The highest BCUT2D eigenvalue weighted by Gasteiger charge is 2.26. The van der Waals surface area contributed by atoms with E-state index in [0.717, 1.165) is 19.5 Å². The van der Waals surface area contributed by atoms with Gasteiger partial charge in [0.1, 0.15) is 0 Å². The summed E-state index contributed by atoms with van der Waals surface area (Å²) >= 11 is 5.91. The number of rotatable bonds is 2. The fourth-order valence-electron chi connectivity index (χ4n) is 2.54. The molecule has 1 aromatic rings. The van der Waals surface area contributed by atoms with Gasteiger partial charge in [-0.3, -0.25) is 4.79 Å². The molecule has 1 saturated heterocycles. The summed E-state index contributed by atoms with van der Waals surface area (Å²) < 4.78 is 0. The zero-order valence-electron chi connectivity index (χ0n) is 11.3. The van der Waals surface area contributed by atoms with Gasteiger partial charge in [-0.25, -0.2) is 0 Å². The lowest BCUT2D eigenvalue weighted by molar-refractivity contribution is 0.0884. The molecule has 0 bridgehead atoms. The minimum atomic E-state index is -0.138. The standard InChI is InChI=1S/C14H20ClN3O/c1-9-8-18(2)6-5-13(9)17-14(19)11-7-10(15)3-4-12(11)16/h3-4,7,9,13H,5-6,8,16H2,1-2H3,(H,17,19). The van der Waals surface area contributed by atoms with Crippen molar-refractivity contribution in [1.82, 2.24) is 10.2 Å². The molecule has 2 atom stereocenters. The third-order valence-corrected chi connectivity index (χ3v) is 3.92. The van der Waals surface area contributed by atoms with Gasteiger partial charge in [-0.15, -0.1) is 0 Å². The maximum Gasteiger partial charge on any atom is 0.253 e. The summed E-state index contributed by atoms with van der Waals surface area (Å²) in [6.45, 7) is 4.15. The molecule has 1 aliphatic rings. The van der Waals surface area contributed by atoms with E-state index in [1.807, 2.05) is 0 Å². The number of benzene rings is 1. The van der Waals surface area contributed by atoms with Crippen molar-refractivity contribution >= 4 is 23.2 Å². The summed E-state index contributed by atoms with van der Waals surface area (Å²) in [4.78, 5) is 14.5. The van der Waals surface area contributed by atoms with Gasteiger partial charge in [0.2, 0.25) is 0 Å². The van der Waals surface area contributed by atoms with Gasteiger partial charge in [0, 0.05) is 23.3 Å². The van der Waals surface area contributed by atoms with Crippen molar-refractivity contribution in [2.24, 2.45) is 5.92 Å².